The normalized spacial score (nSPS) is 20.7. The van der Waals surface area contributed by atoms with Crippen molar-refractivity contribution in [3.8, 4) is 0 Å². The van der Waals surface area contributed by atoms with Crippen molar-refractivity contribution in [1.29, 1.82) is 0 Å². The fourth-order valence-electron chi connectivity index (χ4n) is 2.81. The number of hydrogen-bond donors (Lipinski definition) is 0. The molecule has 2 aliphatic rings. The van der Waals surface area contributed by atoms with E-state index < -0.39 is 6.23 Å². The number of amides is 2. The van der Waals surface area contributed by atoms with Gasteiger partial charge in [0.2, 0.25) is 0 Å². The van der Waals surface area contributed by atoms with Crippen molar-refractivity contribution in [2.24, 2.45) is 0 Å². The van der Waals surface area contributed by atoms with E-state index in [-0.39, 0.29) is 17.9 Å². The van der Waals surface area contributed by atoms with Crippen LogP contribution < -0.4 is 0 Å². The lowest BCUT2D eigenvalue weighted by molar-refractivity contribution is -0.0862. The first-order chi connectivity index (χ1) is 10.7. The number of imide groups is 1. The predicted molar refractivity (Wildman–Crippen MR) is 80.5 cm³/mol. The number of ether oxygens (including phenoxy) is 2. The molecule has 116 valence electrons. The maximum atomic E-state index is 12.5. The third kappa shape index (κ3) is 2.69. The Balaban J connectivity index is 1.83. The molecule has 1 aromatic rings. The van der Waals surface area contributed by atoms with E-state index in [0.717, 1.165) is 12.8 Å². The van der Waals surface area contributed by atoms with Crippen LogP contribution >= 0.6 is 0 Å². The quantitative estimate of drug-likeness (QED) is 0.633. The van der Waals surface area contributed by atoms with Gasteiger partial charge in [-0.2, -0.15) is 0 Å². The first-order valence-electron chi connectivity index (χ1n) is 7.55. The van der Waals surface area contributed by atoms with Gasteiger partial charge in [0.05, 0.1) is 17.2 Å². The van der Waals surface area contributed by atoms with Gasteiger partial charge in [0.1, 0.15) is 0 Å². The van der Waals surface area contributed by atoms with E-state index in [1.54, 1.807) is 36.4 Å². The van der Waals surface area contributed by atoms with Gasteiger partial charge in [-0.25, -0.2) is 4.90 Å². The number of allylic oxidation sites excluding steroid dienone is 1. The highest BCUT2D eigenvalue weighted by molar-refractivity contribution is 6.21. The third-order valence-corrected chi connectivity index (χ3v) is 3.94. The first-order valence-corrected chi connectivity index (χ1v) is 7.55. The summed E-state index contributed by atoms with van der Waals surface area (Å²) in [7, 11) is 0. The van der Waals surface area contributed by atoms with E-state index in [0.29, 0.717) is 24.3 Å². The van der Waals surface area contributed by atoms with Crippen LogP contribution in [0, 0.1) is 0 Å². The lowest BCUT2D eigenvalue weighted by Crippen LogP contribution is -2.43. The van der Waals surface area contributed by atoms with Gasteiger partial charge in [-0.3, -0.25) is 9.59 Å². The van der Waals surface area contributed by atoms with Gasteiger partial charge >= 0.3 is 0 Å². The number of rotatable bonds is 4. The van der Waals surface area contributed by atoms with Gasteiger partial charge in [0, 0.05) is 13.2 Å². The maximum absolute atomic E-state index is 12.5. The first kappa shape index (κ1) is 14.9. The molecule has 0 spiro atoms. The Labute approximate surface area is 129 Å². The van der Waals surface area contributed by atoms with Crippen LogP contribution in [0.4, 0.5) is 0 Å². The minimum Gasteiger partial charge on any atom is -0.381 e. The van der Waals surface area contributed by atoms with Crippen LogP contribution in [0.2, 0.25) is 0 Å². The molecule has 2 amide bonds. The zero-order valence-corrected chi connectivity index (χ0v) is 12.5. The molecule has 0 aliphatic carbocycles. The fourth-order valence-corrected chi connectivity index (χ4v) is 2.81. The number of carbonyl (C=O) groups excluding carboxylic acids is 2. The average molecular weight is 301 g/mol. The number of nitrogens with zero attached hydrogens (tertiary/aromatic N) is 1. The van der Waals surface area contributed by atoms with Crippen LogP contribution in [0.1, 0.15) is 40.5 Å². The van der Waals surface area contributed by atoms with Gasteiger partial charge in [0.25, 0.3) is 11.8 Å². The van der Waals surface area contributed by atoms with Crippen LogP contribution in [-0.2, 0) is 9.47 Å². The minimum atomic E-state index is -0.666. The van der Waals surface area contributed by atoms with Crippen LogP contribution in [0.25, 0.3) is 0 Å². The molecule has 1 unspecified atom stereocenters. The molecule has 0 aromatic heterocycles. The zero-order valence-electron chi connectivity index (χ0n) is 12.5. The van der Waals surface area contributed by atoms with Crippen LogP contribution in [0.3, 0.4) is 0 Å². The smallest absolute Gasteiger partial charge is 0.263 e. The summed E-state index contributed by atoms with van der Waals surface area (Å²) >= 11 is 0. The molecule has 1 saturated heterocycles. The van der Waals surface area contributed by atoms with Crippen molar-refractivity contribution >= 4 is 11.8 Å². The number of hydrogen-bond acceptors (Lipinski definition) is 4. The van der Waals surface area contributed by atoms with E-state index >= 15 is 0 Å². The summed E-state index contributed by atoms with van der Waals surface area (Å²) in [4.78, 5) is 26.3. The molecular weight excluding hydrogens is 282 g/mol. The Bertz CT molecular complexity index is 569. The molecule has 2 heterocycles. The molecule has 5 nitrogen and oxygen atoms in total. The highest BCUT2D eigenvalue weighted by atomic mass is 16.5. The van der Waals surface area contributed by atoms with Gasteiger partial charge in [0.15, 0.2) is 6.23 Å². The van der Waals surface area contributed by atoms with Crippen LogP contribution in [0.5, 0.6) is 0 Å². The molecule has 0 radical (unpaired) electrons. The Hall–Kier alpha value is -1.98. The van der Waals surface area contributed by atoms with Crippen molar-refractivity contribution in [2.45, 2.75) is 32.1 Å². The van der Waals surface area contributed by atoms with Crippen molar-refractivity contribution in [1.82, 2.24) is 4.90 Å². The monoisotopic (exact) mass is 301 g/mol. The van der Waals surface area contributed by atoms with Crippen LogP contribution in [0.15, 0.2) is 36.4 Å². The largest absolute Gasteiger partial charge is 0.381 e. The van der Waals surface area contributed by atoms with E-state index in [9.17, 15) is 9.59 Å². The lowest BCUT2D eigenvalue weighted by Gasteiger charge is -2.30. The Morgan fingerprint density at radius 2 is 1.77 bits per heavy atom. The molecule has 22 heavy (non-hydrogen) atoms. The summed E-state index contributed by atoms with van der Waals surface area (Å²) in [6, 6.07) is 6.88. The Morgan fingerprint density at radius 3 is 2.32 bits per heavy atom. The van der Waals surface area contributed by atoms with E-state index in [1.165, 1.54) is 4.90 Å². The average Bonchev–Trinajstić information content (AvgIpc) is 2.80. The van der Waals surface area contributed by atoms with Crippen molar-refractivity contribution < 1.29 is 19.1 Å². The molecule has 0 saturated carbocycles. The Morgan fingerprint density at radius 1 is 1.18 bits per heavy atom. The highest BCUT2D eigenvalue weighted by Gasteiger charge is 2.40. The Kier molecular flexibility index (Phi) is 4.36. The summed E-state index contributed by atoms with van der Waals surface area (Å²) in [6.45, 7) is 3.14. The highest BCUT2D eigenvalue weighted by Crippen LogP contribution is 2.27. The third-order valence-electron chi connectivity index (χ3n) is 3.94. The van der Waals surface area contributed by atoms with E-state index in [4.69, 9.17) is 9.47 Å². The second-order valence-corrected chi connectivity index (χ2v) is 5.39. The number of benzene rings is 1. The van der Waals surface area contributed by atoms with Crippen LogP contribution in [-0.4, -0.2) is 42.3 Å². The summed E-state index contributed by atoms with van der Waals surface area (Å²) < 4.78 is 11.3. The standard InChI is InChI=1S/C17H19NO4/c1-2-5-15(22-12-8-10-21-11-9-12)18-16(19)13-6-3-4-7-14(13)17(18)20/h2-7,12,15H,8-11H2,1H3. The summed E-state index contributed by atoms with van der Waals surface area (Å²) in [5.74, 6) is -0.591. The summed E-state index contributed by atoms with van der Waals surface area (Å²) in [5.41, 5.74) is 0.884. The lowest BCUT2D eigenvalue weighted by atomic mass is 10.1. The predicted octanol–water partition coefficient (Wildman–Crippen LogP) is 2.38. The zero-order chi connectivity index (χ0) is 15.5. The van der Waals surface area contributed by atoms with Gasteiger partial charge in [-0.15, -0.1) is 0 Å². The minimum absolute atomic E-state index is 0.000683. The number of fused-ring (bicyclic) bond motifs is 1. The van der Waals surface area contributed by atoms with Crippen molar-refractivity contribution in [3.63, 3.8) is 0 Å². The molecular formula is C17H19NO4. The molecule has 1 fully saturated rings. The number of carbonyl (C=O) groups is 2. The second-order valence-electron chi connectivity index (χ2n) is 5.39. The van der Waals surface area contributed by atoms with Gasteiger partial charge in [-0.1, -0.05) is 18.2 Å². The van der Waals surface area contributed by atoms with Gasteiger partial charge < -0.3 is 9.47 Å². The molecule has 1 atom stereocenters. The molecule has 1 aromatic carbocycles. The summed E-state index contributed by atoms with van der Waals surface area (Å²) in [6.07, 6.45) is 4.43. The van der Waals surface area contributed by atoms with Crippen molar-refractivity contribution in [2.75, 3.05) is 13.2 Å². The summed E-state index contributed by atoms with van der Waals surface area (Å²) in [5, 5.41) is 0. The van der Waals surface area contributed by atoms with Crippen molar-refractivity contribution in [3.05, 3.63) is 47.5 Å². The fraction of sp³-hybridized carbons (Fsp3) is 0.412. The molecule has 2 aliphatic heterocycles. The SMILES string of the molecule is CC=CC(OC1CCOCC1)N1C(=O)c2ccccc2C1=O. The van der Waals surface area contributed by atoms with Gasteiger partial charge in [-0.05, 0) is 38.0 Å². The molecule has 0 bridgehead atoms. The van der Waals surface area contributed by atoms with E-state index in [2.05, 4.69) is 0 Å². The molecule has 3 rings (SSSR count). The second kappa shape index (κ2) is 6.42. The maximum Gasteiger partial charge on any atom is 0.263 e. The topological polar surface area (TPSA) is 55.8 Å². The molecule has 0 N–H and O–H groups in total. The molecule has 5 heteroatoms. The van der Waals surface area contributed by atoms with E-state index in [1.807, 2.05) is 6.92 Å².